The van der Waals surface area contributed by atoms with Crippen LogP contribution in [0.25, 0.3) is 0 Å². The molecule has 0 bridgehead atoms. The lowest BCUT2D eigenvalue weighted by atomic mass is 9.96. The summed E-state index contributed by atoms with van der Waals surface area (Å²) in [5.74, 6) is 1.02. The minimum atomic E-state index is 0.309. The summed E-state index contributed by atoms with van der Waals surface area (Å²) >= 11 is 5.65. The van der Waals surface area contributed by atoms with Crippen molar-refractivity contribution in [3.63, 3.8) is 0 Å². The zero-order valence-corrected chi connectivity index (χ0v) is 7.73. The van der Waals surface area contributed by atoms with E-state index in [-0.39, 0.29) is 0 Å². The topological polar surface area (TPSA) is 24.4 Å². The summed E-state index contributed by atoms with van der Waals surface area (Å²) < 4.78 is 0. The Hall–Kier alpha value is -0.760. The lowest BCUT2D eigenvalue weighted by Crippen LogP contribution is -2.19. The lowest BCUT2D eigenvalue weighted by Gasteiger charge is -2.16. The van der Waals surface area contributed by atoms with Crippen LogP contribution in [-0.2, 0) is 0 Å². The van der Waals surface area contributed by atoms with Crippen molar-refractivity contribution < 1.29 is 0 Å². The van der Waals surface area contributed by atoms with Gasteiger partial charge in [-0.3, -0.25) is 4.99 Å². The maximum absolute atomic E-state index is 5.65. The van der Waals surface area contributed by atoms with Gasteiger partial charge in [0, 0.05) is 11.2 Å². The van der Waals surface area contributed by atoms with E-state index in [1.165, 1.54) is 11.3 Å². The number of fused-ring (bicyclic) bond motifs is 1. The van der Waals surface area contributed by atoms with Gasteiger partial charge in [-0.25, -0.2) is 0 Å². The molecule has 0 aromatic heterocycles. The van der Waals surface area contributed by atoms with Gasteiger partial charge in [0.1, 0.15) is 0 Å². The van der Waals surface area contributed by atoms with E-state index in [0.29, 0.717) is 6.04 Å². The van der Waals surface area contributed by atoms with Crippen LogP contribution in [0.5, 0.6) is 0 Å². The molecule has 0 aromatic rings. The fourth-order valence-corrected chi connectivity index (χ4v) is 1.81. The number of aliphatic imine (C=N–C) groups is 1. The molecule has 2 nitrogen and oxygen atoms in total. The van der Waals surface area contributed by atoms with Crippen molar-refractivity contribution >= 4 is 17.4 Å². The third-order valence-corrected chi connectivity index (χ3v) is 2.54. The molecule has 1 heterocycles. The van der Waals surface area contributed by atoms with Crippen molar-refractivity contribution in [2.24, 2.45) is 4.99 Å². The predicted molar refractivity (Wildman–Crippen MR) is 51.3 cm³/mol. The van der Waals surface area contributed by atoms with E-state index in [9.17, 15) is 0 Å². The molecule has 2 aliphatic rings. The number of amidine groups is 1. The normalized spacial score (nSPS) is 30.8. The van der Waals surface area contributed by atoms with Crippen LogP contribution in [0.1, 0.15) is 19.8 Å². The molecule has 0 amide bonds. The number of halogens is 1. The lowest BCUT2D eigenvalue weighted by molar-refractivity contribution is 0.724. The van der Waals surface area contributed by atoms with E-state index >= 15 is 0 Å². The summed E-state index contributed by atoms with van der Waals surface area (Å²) in [4.78, 5) is 4.45. The maximum Gasteiger partial charge on any atom is 0.0982 e. The molecule has 1 unspecified atom stereocenters. The van der Waals surface area contributed by atoms with Gasteiger partial charge in [-0.1, -0.05) is 23.3 Å². The maximum atomic E-state index is 5.65. The molecule has 1 atom stereocenters. The summed E-state index contributed by atoms with van der Waals surface area (Å²) in [7, 11) is 0. The van der Waals surface area contributed by atoms with E-state index < -0.39 is 0 Å². The summed E-state index contributed by atoms with van der Waals surface area (Å²) in [5, 5.41) is 3.24. The van der Waals surface area contributed by atoms with Gasteiger partial charge in [0.15, 0.2) is 0 Å². The van der Waals surface area contributed by atoms with E-state index in [1.807, 2.05) is 6.92 Å². The average molecular weight is 183 g/mol. The minimum Gasteiger partial charge on any atom is -0.346 e. The standard InChI is InChI=1S/C9H11ClN2/c1-6-11-8-3-2-7(5-10)4-9(8)12-6/h3,5,9H,2,4H2,1H3,(H,11,12)/b7-5-. The number of hydrogen-bond donors (Lipinski definition) is 1. The molecule has 3 heteroatoms. The quantitative estimate of drug-likeness (QED) is 0.610. The van der Waals surface area contributed by atoms with Crippen molar-refractivity contribution in [3.8, 4) is 0 Å². The zero-order valence-electron chi connectivity index (χ0n) is 6.97. The van der Waals surface area contributed by atoms with Crippen LogP contribution < -0.4 is 5.32 Å². The van der Waals surface area contributed by atoms with E-state index in [4.69, 9.17) is 11.6 Å². The average Bonchev–Trinajstić information content (AvgIpc) is 2.43. The summed E-state index contributed by atoms with van der Waals surface area (Å²) in [5.41, 5.74) is 4.19. The highest BCUT2D eigenvalue weighted by Crippen LogP contribution is 2.27. The van der Waals surface area contributed by atoms with Crippen molar-refractivity contribution in [3.05, 3.63) is 22.9 Å². The molecule has 0 saturated carbocycles. The monoisotopic (exact) mass is 182 g/mol. The fraction of sp³-hybridized carbons (Fsp3) is 0.444. The second kappa shape index (κ2) is 2.94. The summed E-state index contributed by atoms with van der Waals surface area (Å²) in [6.07, 6.45) is 4.10. The second-order valence-electron chi connectivity index (χ2n) is 3.19. The third kappa shape index (κ3) is 1.27. The van der Waals surface area contributed by atoms with E-state index in [1.54, 1.807) is 5.54 Å². The van der Waals surface area contributed by atoms with Crippen molar-refractivity contribution in [1.82, 2.24) is 5.32 Å². The highest BCUT2D eigenvalue weighted by molar-refractivity contribution is 6.25. The molecule has 64 valence electrons. The molecule has 1 N–H and O–H groups in total. The molecular weight excluding hydrogens is 172 g/mol. The van der Waals surface area contributed by atoms with Crippen LogP contribution in [0.4, 0.5) is 0 Å². The Morgan fingerprint density at radius 3 is 3.33 bits per heavy atom. The van der Waals surface area contributed by atoms with E-state index in [0.717, 1.165) is 18.7 Å². The first kappa shape index (κ1) is 7.87. The molecule has 0 spiro atoms. The van der Waals surface area contributed by atoms with Gasteiger partial charge in [0.25, 0.3) is 0 Å². The van der Waals surface area contributed by atoms with Crippen LogP contribution in [0.3, 0.4) is 0 Å². The number of rotatable bonds is 0. The highest BCUT2D eigenvalue weighted by atomic mass is 35.5. The van der Waals surface area contributed by atoms with Gasteiger partial charge in [-0.05, 0) is 19.8 Å². The fourth-order valence-electron chi connectivity index (χ4n) is 1.63. The van der Waals surface area contributed by atoms with Gasteiger partial charge in [-0.15, -0.1) is 0 Å². The molecular formula is C9H11ClN2. The largest absolute Gasteiger partial charge is 0.346 e. The second-order valence-corrected chi connectivity index (χ2v) is 3.41. The van der Waals surface area contributed by atoms with Crippen molar-refractivity contribution in [1.29, 1.82) is 0 Å². The first-order chi connectivity index (χ1) is 5.79. The van der Waals surface area contributed by atoms with Crippen LogP contribution in [0.2, 0.25) is 0 Å². The Bertz CT molecular complexity index is 289. The van der Waals surface area contributed by atoms with Gasteiger partial charge in [-0.2, -0.15) is 0 Å². The number of allylic oxidation sites excluding steroid dienone is 1. The molecule has 0 fully saturated rings. The zero-order chi connectivity index (χ0) is 8.55. The smallest absolute Gasteiger partial charge is 0.0982 e. The Labute approximate surface area is 77.0 Å². The van der Waals surface area contributed by atoms with Crippen LogP contribution in [0.15, 0.2) is 27.9 Å². The van der Waals surface area contributed by atoms with Gasteiger partial charge in [0.2, 0.25) is 0 Å². The third-order valence-electron chi connectivity index (χ3n) is 2.23. The minimum absolute atomic E-state index is 0.309. The Morgan fingerprint density at radius 1 is 1.75 bits per heavy atom. The molecule has 12 heavy (non-hydrogen) atoms. The van der Waals surface area contributed by atoms with Crippen LogP contribution in [-0.4, -0.2) is 11.9 Å². The van der Waals surface area contributed by atoms with Gasteiger partial charge < -0.3 is 5.32 Å². The number of nitrogens with zero attached hydrogens (tertiary/aromatic N) is 1. The van der Waals surface area contributed by atoms with Crippen LogP contribution in [0, 0.1) is 0 Å². The molecule has 0 radical (unpaired) electrons. The van der Waals surface area contributed by atoms with Gasteiger partial charge >= 0.3 is 0 Å². The predicted octanol–water partition coefficient (Wildman–Crippen LogP) is 2.18. The molecule has 1 aliphatic carbocycles. The van der Waals surface area contributed by atoms with Crippen LogP contribution >= 0.6 is 11.6 Å². The Kier molecular flexibility index (Phi) is 1.93. The first-order valence-corrected chi connectivity index (χ1v) is 4.53. The van der Waals surface area contributed by atoms with Crippen molar-refractivity contribution in [2.45, 2.75) is 25.8 Å². The Morgan fingerprint density at radius 2 is 2.58 bits per heavy atom. The van der Waals surface area contributed by atoms with Gasteiger partial charge in [0.05, 0.1) is 11.9 Å². The molecule has 0 aromatic carbocycles. The molecule has 0 saturated heterocycles. The summed E-state index contributed by atoms with van der Waals surface area (Å²) in [6, 6.07) is 0.309. The SMILES string of the molecule is CC1=NC2C/C(=C\Cl)CC=C2N1. The number of hydrogen-bond acceptors (Lipinski definition) is 2. The number of nitrogens with one attached hydrogen (secondary N) is 1. The first-order valence-electron chi connectivity index (χ1n) is 4.09. The van der Waals surface area contributed by atoms with E-state index in [2.05, 4.69) is 16.4 Å². The Balaban J connectivity index is 2.22. The highest BCUT2D eigenvalue weighted by Gasteiger charge is 2.24. The summed E-state index contributed by atoms with van der Waals surface area (Å²) in [6.45, 7) is 1.99. The molecule has 2 rings (SSSR count). The molecule has 1 aliphatic heterocycles. The van der Waals surface area contributed by atoms with Crippen molar-refractivity contribution in [2.75, 3.05) is 0 Å².